The van der Waals surface area contributed by atoms with Crippen LogP contribution in [-0.2, 0) is 25.7 Å². The Morgan fingerprint density at radius 2 is 1.97 bits per heavy atom. The van der Waals surface area contributed by atoms with Gasteiger partial charge >= 0.3 is 6.09 Å². The molecule has 12 heteroatoms. The maximum atomic E-state index is 13.1. The number of benzene rings is 1. The Morgan fingerprint density at radius 3 is 2.60 bits per heavy atom. The van der Waals surface area contributed by atoms with Crippen molar-refractivity contribution in [3.8, 4) is 0 Å². The quantitative estimate of drug-likeness (QED) is 0.111. The molecule has 0 radical (unpaired) electrons. The second kappa shape index (κ2) is 13.9. The highest BCUT2D eigenvalue weighted by atomic mass is 16.5. The van der Waals surface area contributed by atoms with E-state index >= 15 is 0 Å². The zero-order valence-corrected chi connectivity index (χ0v) is 19.8. The van der Waals surface area contributed by atoms with Crippen molar-refractivity contribution in [1.82, 2.24) is 15.5 Å². The van der Waals surface area contributed by atoms with Gasteiger partial charge < -0.3 is 41.6 Å². The smallest absolute Gasteiger partial charge is 0.408 e. The average molecular weight is 491 g/mol. The number of alkyl carbamates (subject to hydrolysis) is 1. The van der Waals surface area contributed by atoms with Crippen LogP contribution in [0.15, 0.2) is 35.3 Å². The van der Waals surface area contributed by atoms with Gasteiger partial charge in [-0.3, -0.25) is 14.6 Å². The molecule has 192 valence electrons. The van der Waals surface area contributed by atoms with Crippen LogP contribution in [0.25, 0.3) is 0 Å². The van der Waals surface area contributed by atoms with E-state index in [-0.39, 0.29) is 19.1 Å². The summed E-state index contributed by atoms with van der Waals surface area (Å²) in [6.45, 7) is 1.96. The monoisotopic (exact) mass is 490 g/mol. The molecule has 7 N–H and O–H groups in total. The number of hydrogen-bond donors (Lipinski definition) is 5. The molecule has 1 aliphatic rings. The van der Waals surface area contributed by atoms with E-state index < -0.39 is 42.1 Å². The number of rotatable bonds is 12. The van der Waals surface area contributed by atoms with Crippen LogP contribution in [0.4, 0.5) is 4.79 Å². The number of aliphatic hydroxyl groups excluding tert-OH is 1. The van der Waals surface area contributed by atoms with Gasteiger partial charge in [0.05, 0.1) is 12.1 Å². The molecule has 4 atom stereocenters. The number of aliphatic hydroxyl groups is 1. The summed E-state index contributed by atoms with van der Waals surface area (Å²) >= 11 is 0. The van der Waals surface area contributed by atoms with E-state index in [2.05, 4.69) is 15.6 Å². The Hall–Kier alpha value is -3.67. The molecular weight excluding hydrogens is 456 g/mol. The number of nitrogens with zero attached hydrogens (tertiary/aromatic N) is 2. The van der Waals surface area contributed by atoms with Crippen molar-refractivity contribution in [3.63, 3.8) is 0 Å². The molecule has 1 aliphatic heterocycles. The van der Waals surface area contributed by atoms with E-state index in [1.807, 2.05) is 6.07 Å². The first-order valence-corrected chi connectivity index (χ1v) is 11.5. The summed E-state index contributed by atoms with van der Waals surface area (Å²) in [5, 5.41) is 15.2. The van der Waals surface area contributed by atoms with Crippen molar-refractivity contribution in [2.24, 2.45) is 16.5 Å². The number of aldehydes is 1. The molecule has 0 bridgehead atoms. The topological polar surface area (TPSA) is 189 Å². The Bertz CT molecular complexity index is 890. The number of carbonyl (C=O) groups excluding carboxylic acids is 4. The first-order chi connectivity index (χ1) is 16.7. The lowest BCUT2D eigenvalue weighted by molar-refractivity contribution is -0.142. The summed E-state index contributed by atoms with van der Waals surface area (Å²) in [6.07, 6.45) is 0.292. The maximum absolute atomic E-state index is 13.1. The number of nitrogens with one attached hydrogen (secondary N) is 2. The fourth-order valence-corrected chi connectivity index (χ4v) is 3.73. The van der Waals surface area contributed by atoms with Gasteiger partial charge in [-0.2, -0.15) is 0 Å². The number of amides is 3. The zero-order chi connectivity index (χ0) is 25.8. The van der Waals surface area contributed by atoms with Crippen LogP contribution in [0.3, 0.4) is 0 Å². The second-order valence-corrected chi connectivity index (χ2v) is 8.31. The summed E-state index contributed by atoms with van der Waals surface area (Å²) in [7, 11) is 0. The van der Waals surface area contributed by atoms with E-state index in [1.54, 1.807) is 24.3 Å². The molecule has 2 rings (SSSR count). The molecule has 3 amide bonds. The van der Waals surface area contributed by atoms with E-state index in [0.717, 1.165) is 5.56 Å². The molecule has 1 fully saturated rings. The Kier molecular flexibility index (Phi) is 10.9. The predicted molar refractivity (Wildman–Crippen MR) is 128 cm³/mol. The van der Waals surface area contributed by atoms with Crippen LogP contribution >= 0.6 is 0 Å². The number of nitrogens with two attached hydrogens (primary N) is 2. The molecule has 1 aromatic rings. The van der Waals surface area contributed by atoms with Gasteiger partial charge in [0.25, 0.3) is 0 Å². The molecule has 0 unspecified atom stereocenters. The van der Waals surface area contributed by atoms with Crippen molar-refractivity contribution in [1.29, 1.82) is 0 Å². The van der Waals surface area contributed by atoms with E-state index in [9.17, 15) is 24.3 Å². The molecule has 0 aliphatic carbocycles. The van der Waals surface area contributed by atoms with Crippen LogP contribution < -0.4 is 22.1 Å². The lowest BCUT2D eigenvalue weighted by Gasteiger charge is -2.30. The standard InChI is InChI=1S/C23H34N6O6/c1-15(31)19(28-23(34)35-14-16-7-3-2-4-8-16)21(33)29-12-6-10-18(29)20(32)27-17(13-30)9-5-11-26-22(24)25/h2-4,7-8,13,15,17-19,31H,5-6,9-12,14H2,1H3,(H,27,32)(H,28,34)(H4,24,25,26)/t15-,17-,18-,19+/m0/s1. The fraction of sp³-hybridized carbons (Fsp3) is 0.522. The van der Waals surface area contributed by atoms with Gasteiger partial charge in [0.2, 0.25) is 11.8 Å². The normalized spacial score (nSPS) is 17.5. The molecule has 1 saturated heterocycles. The lowest BCUT2D eigenvalue weighted by atomic mass is 10.1. The SMILES string of the molecule is C[C@H](O)[C@@H](NC(=O)OCc1ccccc1)C(=O)N1CCC[C@H]1C(=O)N[C@H](C=O)CCCN=C(N)N. The zero-order valence-electron chi connectivity index (χ0n) is 19.8. The minimum absolute atomic E-state index is 0.00158. The number of likely N-dealkylation sites (tertiary alicyclic amines) is 1. The minimum atomic E-state index is -1.30. The number of carbonyl (C=O) groups is 4. The van der Waals surface area contributed by atoms with Crippen molar-refractivity contribution in [2.45, 2.75) is 63.4 Å². The summed E-state index contributed by atoms with van der Waals surface area (Å²) in [6, 6.07) is 6.12. The summed E-state index contributed by atoms with van der Waals surface area (Å²) in [5.74, 6) is -1.14. The fourth-order valence-electron chi connectivity index (χ4n) is 3.73. The van der Waals surface area contributed by atoms with Gasteiger partial charge in [0.15, 0.2) is 5.96 Å². The highest BCUT2D eigenvalue weighted by molar-refractivity contribution is 5.93. The van der Waals surface area contributed by atoms with Crippen molar-refractivity contribution in [2.75, 3.05) is 13.1 Å². The Labute approximate surface area is 204 Å². The van der Waals surface area contributed by atoms with Gasteiger partial charge in [-0.1, -0.05) is 30.3 Å². The van der Waals surface area contributed by atoms with Gasteiger partial charge in [0, 0.05) is 13.1 Å². The summed E-state index contributed by atoms with van der Waals surface area (Å²) < 4.78 is 5.15. The molecule has 12 nitrogen and oxygen atoms in total. The van der Waals surface area contributed by atoms with Crippen molar-refractivity contribution >= 4 is 30.2 Å². The third kappa shape index (κ3) is 8.89. The average Bonchev–Trinajstić information content (AvgIpc) is 3.33. The van der Waals surface area contributed by atoms with Crippen LogP contribution in [0.5, 0.6) is 0 Å². The van der Waals surface area contributed by atoms with E-state index in [1.165, 1.54) is 11.8 Å². The lowest BCUT2D eigenvalue weighted by Crippen LogP contribution is -2.57. The van der Waals surface area contributed by atoms with E-state index in [0.29, 0.717) is 38.5 Å². The highest BCUT2D eigenvalue weighted by Crippen LogP contribution is 2.20. The Balaban J connectivity index is 1.95. The van der Waals surface area contributed by atoms with Gasteiger partial charge in [-0.15, -0.1) is 0 Å². The number of hydrogen-bond acceptors (Lipinski definition) is 7. The number of ether oxygens (including phenoxy) is 1. The number of aliphatic imine (C=N–C) groups is 1. The molecule has 0 aromatic heterocycles. The molecule has 1 aromatic carbocycles. The van der Waals surface area contributed by atoms with Crippen LogP contribution in [0, 0.1) is 0 Å². The predicted octanol–water partition coefficient (Wildman–Crippen LogP) is -0.609. The second-order valence-electron chi connectivity index (χ2n) is 8.31. The van der Waals surface area contributed by atoms with Crippen LogP contribution in [-0.4, -0.2) is 77.5 Å². The van der Waals surface area contributed by atoms with Gasteiger partial charge in [0.1, 0.15) is 25.0 Å². The Morgan fingerprint density at radius 1 is 1.26 bits per heavy atom. The molecule has 35 heavy (non-hydrogen) atoms. The first-order valence-electron chi connectivity index (χ1n) is 11.5. The minimum Gasteiger partial charge on any atom is -0.445 e. The van der Waals surface area contributed by atoms with Crippen LogP contribution in [0.1, 0.15) is 38.2 Å². The van der Waals surface area contributed by atoms with Crippen molar-refractivity contribution < 1.29 is 29.0 Å². The van der Waals surface area contributed by atoms with Crippen LogP contribution in [0.2, 0.25) is 0 Å². The van der Waals surface area contributed by atoms with Gasteiger partial charge in [-0.25, -0.2) is 4.79 Å². The largest absolute Gasteiger partial charge is 0.445 e. The van der Waals surface area contributed by atoms with Crippen molar-refractivity contribution in [3.05, 3.63) is 35.9 Å². The van der Waals surface area contributed by atoms with Gasteiger partial charge in [-0.05, 0) is 38.2 Å². The maximum Gasteiger partial charge on any atom is 0.408 e. The van der Waals surface area contributed by atoms with E-state index in [4.69, 9.17) is 16.2 Å². The number of guanidine groups is 1. The third-order valence-electron chi connectivity index (χ3n) is 5.53. The molecule has 1 heterocycles. The third-order valence-corrected chi connectivity index (χ3v) is 5.53. The summed E-state index contributed by atoms with van der Waals surface area (Å²) in [5.41, 5.74) is 11.3. The molecule has 0 spiro atoms. The molecule has 0 saturated carbocycles. The molecular formula is C23H34N6O6. The highest BCUT2D eigenvalue weighted by Gasteiger charge is 2.39. The summed E-state index contributed by atoms with van der Waals surface area (Å²) in [4.78, 5) is 54.8. The first kappa shape index (κ1) is 27.6.